The maximum Gasteiger partial charge on any atom is 0.318 e. The van der Waals surface area contributed by atoms with E-state index in [0.29, 0.717) is 23.5 Å². The van der Waals surface area contributed by atoms with E-state index in [-0.39, 0.29) is 41.4 Å². The highest BCUT2D eigenvalue weighted by Gasteiger charge is 2.54. The number of nitrogens with one attached hydrogen (secondary N) is 2. The third-order valence-electron chi connectivity index (χ3n) is 8.24. The standard InChI is InChI=1S/C26H45N5O4Si/c1-16(2)19(14-24(4,5)35)27-23(34)30-15-18-20(25(30,6)7)29-31(17(3)32)21(18)28-22(33)26(12-11-13-26)36(8,9)10/h16,19,35H,11-15H2,1-10H3,(H,27,34)(H,28,33)/t19-/m1/s1. The summed E-state index contributed by atoms with van der Waals surface area (Å²) in [4.78, 5) is 41.3. The van der Waals surface area contributed by atoms with Gasteiger partial charge in [-0.05, 0) is 52.9 Å². The number of hydrogen-bond donors (Lipinski definition) is 3. The average molecular weight is 520 g/mol. The van der Waals surface area contributed by atoms with Gasteiger partial charge in [-0.25, -0.2) is 4.79 Å². The number of anilines is 1. The van der Waals surface area contributed by atoms with E-state index in [4.69, 9.17) is 0 Å². The van der Waals surface area contributed by atoms with Gasteiger partial charge in [-0.1, -0.05) is 39.9 Å². The van der Waals surface area contributed by atoms with E-state index in [1.54, 1.807) is 18.7 Å². The first-order valence-electron chi connectivity index (χ1n) is 13.1. The predicted molar refractivity (Wildman–Crippen MR) is 144 cm³/mol. The lowest BCUT2D eigenvalue weighted by molar-refractivity contribution is -0.121. The van der Waals surface area contributed by atoms with Gasteiger partial charge in [0, 0.05) is 23.6 Å². The molecule has 0 radical (unpaired) electrons. The Morgan fingerprint density at radius 2 is 1.75 bits per heavy atom. The fraction of sp³-hybridized carbons (Fsp3) is 0.769. The van der Waals surface area contributed by atoms with Gasteiger partial charge in [0.05, 0.1) is 31.5 Å². The summed E-state index contributed by atoms with van der Waals surface area (Å²) < 4.78 is 1.28. The predicted octanol–water partition coefficient (Wildman–Crippen LogP) is 4.69. The monoisotopic (exact) mass is 519 g/mol. The molecule has 0 unspecified atom stereocenters. The van der Waals surface area contributed by atoms with Crippen LogP contribution in [0.5, 0.6) is 0 Å². The van der Waals surface area contributed by atoms with Gasteiger partial charge in [-0.15, -0.1) is 0 Å². The molecule has 1 aliphatic heterocycles. The van der Waals surface area contributed by atoms with Crippen molar-refractivity contribution in [1.82, 2.24) is 20.0 Å². The van der Waals surface area contributed by atoms with Gasteiger partial charge in [0.1, 0.15) is 5.82 Å². The normalized spacial score (nSPS) is 19.5. The molecular weight excluding hydrogens is 474 g/mol. The molecule has 0 aromatic carbocycles. The minimum absolute atomic E-state index is 0.0381. The van der Waals surface area contributed by atoms with Crippen molar-refractivity contribution in [2.45, 2.75) is 123 Å². The number of carbonyl (C=O) groups excluding carboxylic acids is 3. The van der Waals surface area contributed by atoms with Crippen molar-refractivity contribution in [1.29, 1.82) is 0 Å². The minimum Gasteiger partial charge on any atom is -0.390 e. The van der Waals surface area contributed by atoms with Crippen LogP contribution in [-0.2, 0) is 16.9 Å². The smallest absolute Gasteiger partial charge is 0.318 e. The van der Waals surface area contributed by atoms with Crippen LogP contribution in [0.3, 0.4) is 0 Å². The van der Waals surface area contributed by atoms with E-state index in [0.717, 1.165) is 19.3 Å². The van der Waals surface area contributed by atoms with Crippen molar-refractivity contribution >= 4 is 31.7 Å². The first kappa shape index (κ1) is 28.4. The number of aromatic nitrogens is 2. The molecule has 1 fully saturated rings. The number of nitrogens with zero attached hydrogens (tertiary/aromatic N) is 3. The number of amides is 3. The number of carbonyl (C=O) groups is 3. The summed E-state index contributed by atoms with van der Waals surface area (Å²) in [5.41, 5.74) is -0.392. The van der Waals surface area contributed by atoms with Gasteiger partial charge in [0.25, 0.3) is 0 Å². The molecule has 0 bridgehead atoms. The Labute approximate surface area is 216 Å². The van der Waals surface area contributed by atoms with Crippen molar-refractivity contribution < 1.29 is 19.5 Å². The van der Waals surface area contributed by atoms with Crippen LogP contribution >= 0.6 is 0 Å². The molecule has 1 atom stereocenters. The zero-order chi connectivity index (χ0) is 27.4. The fourth-order valence-corrected chi connectivity index (χ4v) is 8.16. The number of rotatable bonds is 7. The van der Waals surface area contributed by atoms with E-state index in [1.807, 2.05) is 27.7 Å². The summed E-state index contributed by atoms with van der Waals surface area (Å²) in [6.07, 6.45) is 3.18. The van der Waals surface area contributed by atoms with Crippen LogP contribution in [0.4, 0.5) is 10.6 Å². The lowest BCUT2D eigenvalue weighted by atomic mass is 9.83. The van der Waals surface area contributed by atoms with E-state index >= 15 is 0 Å². The zero-order valence-electron chi connectivity index (χ0n) is 23.7. The first-order chi connectivity index (χ1) is 16.3. The highest BCUT2D eigenvalue weighted by atomic mass is 28.3. The topological polar surface area (TPSA) is 117 Å². The van der Waals surface area contributed by atoms with E-state index in [9.17, 15) is 19.5 Å². The van der Waals surface area contributed by atoms with Crippen LogP contribution in [0.15, 0.2) is 0 Å². The summed E-state index contributed by atoms with van der Waals surface area (Å²) in [6, 6.07) is -0.474. The highest BCUT2D eigenvalue weighted by Crippen LogP contribution is 2.56. The van der Waals surface area contributed by atoms with Crippen LogP contribution in [0.25, 0.3) is 0 Å². The SMILES string of the molecule is CC(=O)n1nc2c(c1NC(=O)C1([Si](C)(C)C)CCC1)CN(C(=O)N[C@H](CC(C)(C)O)C(C)C)C2(C)C. The Morgan fingerprint density at radius 3 is 2.17 bits per heavy atom. The van der Waals surface area contributed by atoms with E-state index in [2.05, 4.69) is 35.4 Å². The average Bonchev–Trinajstić information content (AvgIpc) is 3.12. The largest absolute Gasteiger partial charge is 0.390 e. The van der Waals surface area contributed by atoms with Crippen molar-refractivity contribution in [3.63, 3.8) is 0 Å². The molecule has 0 saturated heterocycles. The highest BCUT2D eigenvalue weighted by molar-refractivity contribution is 6.83. The van der Waals surface area contributed by atoms with Crippen molar-refractivity contribution in [2.75, 3.05) is 5.32 Å². The maximum absolute atomic E-state index is 13.6. The molecule has 1 aromatic rings. The van der Waals surface area contributed by atoms with Gasteiger partial charge in [-0.3, -0.25) is 9.59 Å². The molecule has 0 spiro atoms. The molecule has 2 aliphatic rings. The second-order valence-electron chi connectivity index (χ2n) is 13.2. The van der Waals surface area contributed by atoms with Crippen molar-refractivity contribution in [3.8, 4) is 0 Å². The summed E-state index contributed by atoms with van der Waals surface area (Å²) in [5, 5.41) is 20.8. The Balaban J connectivity index is 1.92. The molecule has 3 rings (SSSR count). The summed E-state index contributed by atoms with van der Waals surface area (Å²) in [6.45, 7) is 19.6. The molecule has 1 saturated carbocycles. The van der Waals surface area contributed by atoms with Gasteiger partial charge in [0.15, 0.2) is 0 Å². The Hall–Kier alpha value is -2.20. The lowest BCUT2D eigenvalue weighted by Gasteiger charge is -2.48. The molecule has 1 aliphatic carbocycles. The molecule has 10 heteroatoms. The van der Waals surface area contributed by atoms with Crippen LogP contribution in [-0.4, -0.2) is 57.3 Å². The van der Waals surface area contributed by atoms with Gasteiger partial charge >= 0.3 is 6.03 Å². The minimum atomic E-state index is -1.82. The molecule has 1 aromatic heterocycles. The summed E-state index contributed by atoms with van der Waals surface area (Å²) in [7, 11) is -1.82. The summed E-state index contributed by atoms with van der Waals surface area (Å²) in [5.74, 6) is 0.189. The molecule has 2 heterocycles. The Bertz CT molecular complexity index is 1040. The third kappa shape index (κ3) is 4.98. The second kappa shape index (κ2) is 9.27. The molecular formula is C26H45N5O4Si. The van der Waals surface area contributed by atoms with Gasteiger partial charge in [-0.2, -0.15) is 9.78 Å². The van der Waals surface area contributed by atoms with E-state index in [1.165, 1.54) is 11.6 Å². The van der Waals surface area contributed by atoms with E-state index < -0.39 is 19.2 Å². The summed E-state index contributed by atoms with van der Waals surface area (Å²) >= 11 is 0. The number of urea groups is 1. The Kier molecular flexibility index (Phi) is 7.31. The van der Waals surface area contributed by atoms with Crippen LogP contribution < -0.4 is 10.6 Å². The Morgan fingerprint density at radius 1 is 1.17 bits per heavy atom. The van der Waals surface area contributed by atoms with Crippen LogP contribution in [0, 0.1) is 5.92 Å². The van der Waals surface area contributed by atoms with Gasteiger partial charge < -0.3 is 20.6 Å². The quantitative estimate of drug-likeness (QED) is 0.452. The third-order valence-corrected chi connectivity index (χ3v) is 11.8. The number of fused-ring (bicyclic) bond motifs is 1. The maximum atomic E-state index is 13.6. The molecule has 3 amide bonds. The second-order valence-corrected chi connectivity index (χ2v) is 18.7. The van der Waals surface area contributed by atoms with Crippen molar-refractivity contribution in [3.05, 3.63) is 11.3 Å². The molecule has 202 valence electrons. The number of hydrogen-bond acceptors (Lipinski definition) is 5. The first-order valence-corrected chi connectivity index (χ1v) is 16.6. The lowest BCUT2D eigenvalue weighted by Crippen LogP contribution is -2.52. The van der Waals surface area contributed by atoms with Gasteiger partial charge in [0.2, 0.25) is 11.8 Å². The zero-order valence-corrected chi connectivity index (χ0v) is 24.7. The molecule has 3 N–H and O–H groups in total. The molecule has 36 heavy (non-hydrogen) atoms. The van der Waals surface area contributed by atoms with Crippen molar-refractivity contribution in [2.24, 2.45) is 5.92 Å². The van der Waals surface area contributed by atoms with Crippen LogP contribution in [0.1, 0.15) is 90.2 Å². The number of aliphatic hydroxyl groups is 1. The van der Waals surface area contributed by atoms with Crippen LogP contribution in [0.2, 0.25) is 24.7 Å². The fourth-order valence-electron chi connectivity index (χ4n) is 5.56. The molecule has 9 nitrogen and oxygen atoms in total.